The van der Waals surface area contributed by atoms with Crippen LogP contribution in [0.3, 0.4) is 0 Å². The molecular weight excluding hydrogens is 450 g/mol. The van der Waals surface area contributed by atoms with Crippen LogP contribution < -0.4 is 20.3 Å². The number of methoxy groups -OCH3 is 1. The first-order valence-corrected chi connectivity index (χ1v) is 12.3. The molecule has 0 bridgehead atoms. The Kier molecular flexibility index (Phi) is 7.26. The molecule has 7 nitrogen and oxygen atoms in total. The van der Waals surface area contributed by atoms with Gasteiger partial charge in [0.1, 0.15) is 5.82 Å². The minimum atomic E-state index is -0.417. The second-order valence-corrected chi connectivity index (χ2v) is 9.30. The summed E-state index contributed by atoms with van der Waals surface area (Å²) >= 11 is 1.47. The number of nitrogens with one attached hydrogen (secondary N) is 1. The van der Waals surface area contributed by atoms with Gasteiger partial charge in [0.2, 0.25) is 5.91 Å². The molecule has 1 atom stereocenters. The molecule has 1 N–H and O–H groups in total. The van der Waals surface area contributed by atoms with Gasteiger partial charge in [0.05, 0.1) is 19.3 Å². The molecule has 4 rings (SSSR count). The average molecular weight is 480 g/mol. The number of aryl methyl sites for hydroxylation is 1. The van der Waals surface area contributed by atoms with Crippen molar-refractivity contribution in [3.05, 3.63) is 75.1 Å². The lowest BCUT2D eigenvalue weighted by molar-refractivity contribution is -0.116. The number of anilines is 1. The van der Waals surface area contributed by atoms with Crippen molar-refractivity contribution in [1.29, 1.82) is 0 Å². The molecule has 1 aromatic heterocycles. The number of benzene rings is 2. The van der Waals surface area contributed by atoms with Gasteiger partial charge in [0.15, 0.2) is 16.7 Å². The molecule has 1 aliphatic heterocycles. The van der Waals surface area contributed by atoms with Gasteiger partial charge in [-0.2, -0.15) is 4.98 Å². The second kappa shape index (κ2) is 10.3. The molecule has 0 fully saturated rings. The summed E-state index contributed by atoms with van der Waals surface area (Å²) in [6.45, 7) is 4.67. The fourth-order valence-corrected chi connectivity index (χ4v) is 5.04. The normalized spacial score (nSPS) is 14.9. The first-order valence-electron chi connectivity index (χ1n) is 11.3. The highest BCUT2D eigenvalue weighted by Crippen LogP contribution is 2.39. The van der Waals surface area contributed by atoms with Crippen molar-refractivity contribution in [2.75, 3.05) is 19.0 Å². The fourth-order valence-electron chi connectivity index (χ4n) is 4.13. The van der Waals surface area contributed by atoms with Crippen molar-refractivity contribution >= 4 is 23.5 Å². The van der Waals surface area contributed by atoms with Crippen LogP contribution in [0.1, 0.15) is 47.9 Å². The van der Waals surface area contributed by atoms with E-state index in [1.165, 1.54) is 17.3 Å². The standard InChI is InChI=1S/C26H29N3O4S/c1-5-11-33-20-10-9-18(13-21(20)32-4)19-14-22(30)27-24-23(19)25(31)28-26(29(24)3)34-15-17-8-6-7-16(2)12-17/h6-10,12-13,19H,5,11,14-15H2,1-4H3,(H,27,30). The zero-order valence-corrected chi connectivity index (χ0v) is 20.7. The Bertz CT molecular complexity index is 1270. The van der Waals surface area contributed by atoms with Gasteiger partial charge in [0.25, 0.3) is 5.56 Å². The minimum Gasteiger partial charge on any atom is -0.493 e. The molecule has 0 saturated heterocycles. The lowest BCUT2D eigenvalue weighted by Crippen LogP contribution is -2.33. The molecule has 0 spiro atoms. The highest BCUT2D eigenvalue weighted by Gasteiger charge is 2.32. The van der Waals surface area contributed by atoms with E-state index in [0.717, 1.165) is 17.5 Å². The smallest absolute Gasteiger partial charge is 0.279 e. The van der Waals surface area contributed by atoms with Crippen molar-refractivity contribution < 1.29 is 14.3 Å². The maximum atomic E-state index is 13.2. The monoisotopic (exact) mass is 479 g/mol. The lowest BCUT2D eigenvalue weighted by atomic mass is 9.86. The number of hydrogen-bond donors (Lipinski definition) is 1. The van der Waals surface area contributed by atoms with E-state index in [1.54, 1.807) is 11.7 Å². The molecule has 1 aliphatic rings. The van der Waals surface area contributed by atoms with E-state index >= 15 is 0 Å². The predicted octanol–water partition coefficient (Wildman–Crippen LogP) is 4.65. The number of carbonyl (C=O) groups excluding carboxylic acids is 1. The Labute approximate surface area is 203 Å². The van der Waals surface area contributed by atoms with E-state index in [1.807, 2.05) is 51.2 Å². The molecular formula is C26H29N3O4S. The van der Waals surface area contributed by atoms with Crippen LogP contribution in [0.2, 0.25) is 0 Å². The maximum absolute atomic E-state index is 13.2. The summed E-state index contributed by atoms with van der Waals surface area (Å²) in [5, 5.41) is 3.46. The minimum absolute atomic E-state index is 0.140. The van der Waals surface area contributed by atoms with E-state index in [4.69, 9.17) is 9.47 Å². The number of rotatable bonds is 8. The zero-order chi connectivity index (χ0) is 24.2. The van der Waals surface area contributed by atoms with Gasteiger partial charge in [-0.05, 0) is 36.6 Å². The van der Waals surface area contributed by atoms with Crippen molar-refractivity contribution in [2.45, 2.75) is 43.5 Å². The van der Waals surface area contributed by atoms with E-state index < -0.39 is 5.92 Å². The highest BCUT2D eigenvalue weighted by molar-refractivity contribution is 7.98. The Morgan fingerprint density at radius 1 is 1.18 bits per heavy atom. The molecule has 8 heteroatoms. The van der Waals surface area contributed by atoms with Crippen LogP contribution in [0.5, 0.6) is 11.5 Å². The van der Waals surface area contributed by atoms with Gasteiger partial charge in [-0.15, -0.1) is 0 Å². The molecule has 0 radical (unpaired) electrons. The number of fused-ring (bicyclic) bond motifs is 1. The molecule has 178 valence electrons. The Morgan fingerprint density at radius 3 is 2.74 bits per heavy atom. The number of thioether (sulfide) groups is 1. The molecule has 1 unspecified atom stereocenters. The van der Waals surface area contributed by atoms with Gasteiger partial charge < -0.3 is 19.4 Å². The van der Waals surface area contributed by atoms with Crippen LogP contribution in [-0.4, -0.2) is 29.2 Å². The van der Waals surface area contributed by atoms with Crippen LogP contribution >= 0.6 is 11.8 Å². The summed E-state index contributed by atoms with van der Waals surface area (Å²) < 4.78 is 13.1. The Morgan fingerprint density at radius 2 is 2.00 bits per heavy atom. The summed E-state index contributed by atoms with van der Waals surface area (Å²) in [6.07, 6.45) is 1.05. The summed E-state index contributed by atoms with van der Waals surface area (Å²) in [6, 6.07) is 13.8. The van der Waals surface area contributed by atoms with E-state index in [0.29, 0.717) is 40.4 Å². The number of amides is 1. The first-order chi connectivity index (χ1) is 16.4. The molecule has 2 heterocycles. The third kappa shape index (κ3) is 4.97. The van der Waals surface area contributed by atoms with Crippen LogP contribution in [0.4, 0.5) is 5.82 Å². The molecule has 34 heavy (non-hydrogen) atoms. The molecule has 3 aromatic rings. The molecule has 1 amide bonds. The average Bonchev–Trinajstić information content (AvgIpc) is 2.83. The summed E-state index contributed by atoms with van der Waals surface area (Å²) in [5.41, 5.74) is 3.32. The van der Waals surface area contributed by atoms with Crippen LogP contribution in [0.25, 0.3) is 0 Å². The van der Waals surface area contributed by atoms with Gasteiger partial charge in [-0.3, -0.25) is 9.59 Å². The molecule has 2 aromatic carbocycles. The van der Waals surface area contributed by atoms with Crippen LogP contribution in [-0.2, 0) is 17.6 Å². The summed E-state index contributed by atoms with van der Waals surface area (Å²) in [7, 11) is 3.41. The molecule has 0 aliphatic carbocycles. The summed E-state index contributed by atoms with van der Waals surface area (Å²) in [4.78, 5) is 30.3. The van der Waals surface area contributed by atoms with Gasteiger partial charge in [-0.1, -0.05) is 54.6 Å². The SMILES string of the molecule is CCCOc1ccc(C2CC(=O)Nc3c2c(=O)nc(SCc2cccc(C)c2)n3C)cc1OC. The number of aromatic nitrogens is 2. The predicted molar refractivity (Wildman–Crippen MR) is 134 cm³/mol. The lowest BCUT2D eigenvalue weighted by Gasteiger charge is -2.28. The van der Waals surface area contributed by atoms with Crippen molar-refractivity contribution in [3.63, 3.8) is 0 Å². The fraction of sp³-hybridized carbons (Fsp3) is 0.346. The Hall–Kier alpha value is -3.26. The number of carbonyl (C=O) groups is 1. The second-order valence-electron chi connectivity index (χ2n) is 8.36. The molecule has 0 saturated carbocycles. The van der Waals surface area contributed by atoms with Gasteiger partial charge >= 0.3 is 0 Å². The topological polar surface area (TPSA) is 82.5 Å². The van der Waals surface area contributed by atoms with E-state index in [2.05, 4.69) is 22.4 Å². The number of hydrogen-bond acceptors (Lipinski definition) is 6. The van der Waals surface area contributed by atoms with E-state index in [9.17, 15) is 9.59 Å². The summed E-state index contributed by atoms with van der Waals surface area (Å²) in [5.74, 6) is 1.84. The number of nitrogens with zero attached hydrogens (tertiary/aromatic N) is 2. The zero-order valence-electron chi connectivity index (χ0n) is 19.9. The first kappa shape index (κ1) is 23.9. The van der Waals surface area contributed by atoms with E-state index in [-0.39, 0.29) is 17.9 Å². The highest BCUT2D eigenvalue weighted by atomic mass is 32.2. The van der Waals surface area contributed by atoms with Crippen LogP contribution in [0, 0.1) is 6.92 Å². The largest absolute Gasteiger partial charge is 0.493 e. The van der Waals surface area contributed by atoms with Crippen molar-refractivity contribution in [3.8, 4) is 11.5 Å². The van der Waals surface area contributed by atoms with Gasteiger partial charge in [0, 0.05) is 25.1 Å². The maximum Gasteiger partial charge on any atom is 0.279 e. The van der Waals surface area contributed by atoms with Crippen molar-refractivity contribution in [1.82, 2.24) is 9.55 Å². The van der Waals surface area contributed by atoms with Crippen molar-refractivity contribution in [2.24, 2.45) is 7.05 Å². The third-order valence-electron chi connectivity index (χ3n) is 5.80. The van der Waals surface area contributed by atoms with Crippen LogP contribution in [0.15, 0.2) is 52.4 Å². The third-order valence-corrected chi connectivity index (χ3v) is 6.90. The Balaban J connectivity index is 1.69. The number of ether oxygens (including phenoxy) is 2. The van der Waals surface area contributed by atoms with Gasteiger partial charge in [-0.25, -0.2) is 0 Å². The quantitative estimate of drug-likeness (QED) is 0.374.